The minimum Gasteiger partial charge on any atom is -0.335 e. The third-order valence-electron chi connectivity index (χ3n) is 3.86. The van der Waals surface area contributed by atoms with Crippen LogP contribution in [0.5, 0.6) is 0 Å². The van der Waals surface area contributed by atoms with Gasteiger partial charge in [0.15, 0.2) is 0 Å². The molecule has 0 fully saturated rings. The number of carbonyl (C=O) groups is 1. The lowest BCUT2D eigenvalue weighted by molar-refractivity contribution is 0.102. The summed E-state index contributed by atoms with van der Waals surface area (Å²) in [6.45, 7) is 2.06. The van der Waals surface area contributed by atoms with Crippen LogP contribution in [0.1, 0.15) is 22.8 Å². The minimum absolute atomic E-state index is 0.234. The number of nitrogens with zero attached hydrogens (tertiary/aromatic N) is 1. The van der Waals surface area contributed by atoms with Gasteiger partial charge in [-0.15, -0.1) is 0 Å². The summed E-state index contributed by atoms with van der Waals surface area (Å²) in [4.78, 5) is 16.3. The molecule has 2 N–H and O–H groups in total. The molecule has 3 rings (SSSR count). The Balaban J connectivity index is 1.69. The molecule has 1 heterocycles. The van der Waals surface area contributed by atoms with E-state index in [9.17, 15) is 13.6 Å². The van der Waals surface area contributed by atoms with E-state index in [4.69, 9.17) is 0 Å². The van der Waals surface area contributed by atoms with Crippen molar-refractivity contribution in [3.8, 4) is 0 Å². The number of benzene rings is 2. The fraction of sp³-hybridized carbons (Fsp3) is 0.100. The molecule has 2 aromatic carbocycles. The molecule has 6 heteroatoms. The van der Waals surface area contributed by atoms with Crippen molar-refractivity contribution in [2.45, 2.75) is 13.3 Å². The molecule has 0 bridgehead atoms. The second-order valence-corrected chi connectivity index (χ2v) is 5.66. The molecule has 26 heavy (non-hydrogen) atoms. The van der Waals surface area contributed by atoms with Gasteiger partial charge in [-0.2, -0.15) is 0 Å². The first-order valence-electron chi connectivity index (χ1n) is 8.14. The Morgan fingerprint density at radius 3 is 2.27 bits per heavy atom. The van der Waals surface area contributed by atoms with E-state index in [1.54, 1.807) is 0 Å². The minimum atomic E-state index is -0.718. The number of aromatic nitrogens is 1. The van der Waals surface area contributed by atoms with Gasteiger partial charge in [0.2, 0.25) is 0 Å². The van der Waals surface area contributed by atoms with E-state index in [-0.39, 0.29) is 17.4 Å². The highest BCUT2D eigenvalue weighted by Crippen LogP contribution is 2.22. The maximum atomic E-state index is 13.6. The van der Waals surface area contributed by atoms with Gasteiger partial charge in [0, 0.05) is 11.9 Å². The second-order valence-electron chi connectivity index (χ2n) is 5.66. The number of aryl methyl sites for hydroxylation is 1. The lowest BCUT2D eigenvalue weighted by Gasteiger charge is -2.09. The number of para-hydroxylation sites is 1. The van der Waals surface area contributed by atoms with Gasteiger partial charge >= 0.3 is 0 Å². The highest BCUT2D eigenvalue weighted by atomic mass is 19.1. The zero-order valence-electron chi connectivity index (χ0n) is 14.1. The van der Waals surface area contributed by atoms with Crippen LogP contribution in [0.25, 0.3) is 0 Å². The van der Waals surface area contributed by atoms with E-state index >= 15 is 0 Å². The van der Waals surface area contributed by atoms with Crippen LogP contribution < -0.4 is 10.6 Å². The number of carbonyl (C=O) groups excluding carboxylic acids is 1. The smallest absolute Gasteiger partial charge is 0.257 e. The predicted molar refractivity (Wildman–Crippen MR) is 97.7 cm³/mol. The summed E-state index contributed by atoms with van der Waals surface area (Å²) >= 11 is 0. The van der Waals surface area contributed by atoms with Crippen molar-refractivity contribution in [2.24, 2.45) is 0 Å². The molecule has 0 unspecified atom stereocenters. The van der Waals surface area contributed by atoms with Crippen molar-refractivity contribution in [3.63, 3.8) is 0 Å². The molecule has 0 aliphatic carbocycles. The van der Waals surface area contributed by atoms with Gasteiger partial charge in [-0.25, -0.2) is 13.8 Å². The monoisotopic (exact) mass is 353 g/mol. The number of hydrogen-bond acceptors (Lipinski definition) is 3. The van der Waals surface area contributed by atoms with Gasteiger partial charge in [0.05, 0.1) is 5.56 Å². The molecule has 0 saturated heterocycles. The molecule has 0 aliphatic rings. The largest absolute Gasteiger partial charge is 0.335 e. The molecule has 132 valence electrons. The van der Waals surface area contributed by atoms with Crippen LogP contribution in [0.4, 0.5) is 26.0 Å². The number of nitrogens with one attached hydrogen (secondary N) is 2. The molecule has 0 atom stereocenters. The number of pyridine rings is 1. The number of hydrogen-bond donors (Lipinski definition) is 2. The quantitative estimate of drug-likeness (QED) is 0.685. The van der Waals surface area contributed by atoms with Gasteiger partial charge < -0.3 is 10.6 Å². The Bertz CT molecular complexity index is 889. The zero-order chi connectivity index (χ0) is 18.5. The molecule has 0 spiro atoms. The number of amides is 1. The molecule has 0 saturated carbocycles. The van der Waals surface area contributed by atoms with Crippen LogP contribution in [0.15, 0.2) is 60.8 Å². The maximum Gasteiger partial charge on any atom is 0.257 e. The van der Waals surface area contributed by atoms with Crippen LogP contribution in [0.2, 0.25) is 0 Å². The Labute approximate surface area is 149 Å². The Morgan fingerprint density at radius 2 is 1.69 bits per heavy atom. The van der Waals surface area contributed by atoms with E-state index in [2.05, 4.69) is 22.5 Å². The summed E-state index contributed by atoms with van der Waals surface area (Å²) in [5.74, 6) is -1.52. The summed E-state index contributed by atoms with van der Waals surface area (Å²) in [6, 6.07) is 14.2. The Kier molecular flexibility index (Phi) is 5.22. The summed E-state index contributed by atoms with van der Waals surface area (Å²) in [7, 11) is 0. The average molecular weight is 353 g/mol. The summed E-state index contributed by atoms with van der Waals surface area (Å²) in [5, 5.41) is 5.35. The van der Waals surface area contributed by atoms with Gasteiger partial charge in [0.1, 0.15) is 23.1 Å². The van der Waals surface area contributed by atoms with E-state index in [0.29, 0.717) is 11.3 Å². The Hall–Kier alpha value is -3.28. The van der Waals surface area contributed by atoms with E-state index in [1.807, 2.05) is 24.3 Å². The van der Waals surface area contributed by atoms with Gasteiger partial charge in [-0.05, 0) is 48.4 Å². The molecule has 1 amide bonds. The third kappa shape index (κ3) is 4.03. The number of halogens is 2. The van der Waals surface area contributed by atoms with Crippen molar-refractivity contribution < 1.29 is 13.6 Å². The first-order chi connectivity index (χ1) is 12.6. The van der Waals surface area contributed by atoms with Crippen LogP contribution in [-0.4, -0.2) is 10.9 Å². The van der Waals surface area contributed by atoms with E-state index in [1.165, 1.54) is 30.0 Å². The molecule has 0 aliphatic heterocycles. The lowest BCUT2D eigenvalue weighted by Crippen LogP contribution is -2.12. The van der Waals surface area contributed by atoms with Crippen LogP contribution in [-0.2, 0) is 6.42 Å². The van der Waals surface area contributed by atoms with Crippen LogP contribution in [0.3, 0.4) is 0 Å². The molecule has 1 aromatic heterocycles. The fourth-order valence-corrected chi connectivity index (χ4v) is 2.37. The third-order valence-corrected chi connectivity index (χ3v) is 3.86. The molecular weight excluding hydrogens is 336 g/mol. The Morgan fingerprint density at radius 1 is 1.00 bits per heavy atom. The zero-order valence-corrected chi connectivity index (χ0v) is 14.1. The average Bonchev–Trinajstić information content (AvgIpc) is 2.66. The fourth-order valence-electron chi connectivity index (χ4n) is 2.37. The van der Waals surface area contributed by atoms with Crippen molar-refractivity contribution in [3.05, 3.63) is 83.6 Å². The molecular formula is C20H17F2N3O. The highest BCUT2D eigenvalue weighted by Gasteiger charge is 2.10. The van der Waals surface area contributed by atoms with Gasteiger partial charge in [-0.1, -0.05) is 25.1 Å². The maximum absolute atomic E-state index is 13.6. The molecule has 4 nitrogen and oxygen atoms in total. The lowest BCUT2D eigenvalue weighted by atomic mass is 10.1. The van der Waals surface area contributed by atoms with Crippen molar-refractivity contribution in [1.82, 2.24) is 4.98 Å². The normalized spacial score (nSPS) is 10.4. The van der Waals surface area contributed by atoms with Crippen molar-refractivity contribution in [1.29, 1.82) is 0 Å². The highest BCUT2D eigenvalue weighted by molar-refractivity contribution is 6.04. The topological polar surface area (TPSA) is 54.0 Å². The number of anilines is 3. The SMILES string of the molecule is CCc1ccc(NC(=O)c2ccc(Nc3c(F)cccc3F)nc2)cc1. The molecule has 3 aromatic rings. The summed E-state index contributed by atoms with van der Waals surface area (Å²) in [6.07, 6.45) is 2.27. The van der Waals surface area contributed by atoms with Crippen molar-refractivity contribution >= 4 is 23.1 Å². The summed E-state index contributed by atoms with van der Waals surface area (Å²) < 4.78 is 27.3. The van der Waals surface area contributed by atoms with Crippen LogP contribution in [0, 0.1) is 11.6 Å². The first-order valence-corrected chi connectivity index (χ1v) is 8.14. The second kappa shape index (κ2) is 7.74. The molecule has 0 radical (unpaired) electrons. The van der Waals surface area contributed by atoms with Crippen LogP contribution >= 0.6 is 0 Å². The van der Waals surface area contributed by atoms with E-state index in [0.717, 1.165) is 18.6 Å². The first kappa shape index (κ1) is 17.5. The summed E-state index contributed by atoms with van der Waals surface area (Å²) in [5.41, 5.74) is 1.92. The van der Waals surface area contributed by atoms with Gasteiger partial charge in [0.25, 0.3) is 5.91 Å². The van der Waals surface area contributed by atoms with Crippen molar-refractivity contribution in [2.75, 3.05) is 10.6 Å². The van der Waals surface area contributed by atoms with E-state index < -0.39 is 11.6 Å². The predicted octanol–water partition coefficient (Wildman–Crippen LogP) is 4.92. The standard InChI is InChI=1S/C20H17F2N3O/c1-2-13-6-9-15(10-7-13)24-20(26)14-8-11-18(23-12-14)25-19-16(21)4-3-5-17(19)22/h3-12H,2H2,1H3,(H,23,25)(H,24,26). The van der Waals surface area contributed by atoms with Gasteiger partial charge in [-0.3, -0.25) is 4.79 Å². The number of rotatable bonds is 5.